The number of thiophene rings is 1. The predicted octanol–water partition coefficient (Wildman–Crippen LogP) is 4.32. The molecule has 0 unspecified atom stereocenters. The van der Waals surface area contributed by atoms with Crippen LogP contribution in [0.5, 0.6) is 0 Å². The number of hydrogen-bond donors (Lipinski definition) is 0. The first kappa shape index (κ1) is 23.1. The van der Waals surface area contributed by atoms with Crippen molar-refractivity contribution in [1.82, 2.24) is 14.0 Å². The van der Waals surface area contributed by atoms with E-state index in [0.717, 1.165) is 73.8 Å². The van der Waals surface area contributed by atoms with E-state index in [-0.39, 0.29) is 23.1 Å². The molecular formula is C27H33N3O3S. The molecule has 1 aliphatic carbocycles. The van der Waals surface area contributed by atoms with E-state index in [1.54, 1.807) is 4.57 Å². The highest BCUT2D eigenvalue weighted by molar-refractivity contribution is 7.17. The lowest BCUT2D eigenvalue weighted by Crippen LogP contribution is -2.42. The maximum Gasteiger partial charge on any atom is 0.331 e. The lowest BCUT2D eigenvalue weighted by atomic mass is 9.81. The molecule has 5 rings (SSSR count). The summed E-state index contributed by atoms with van der Waals surface area (Å²) < 4.78 is 3.86. The normalized spacial score (nSPS) is 20.8. The van der Waals surface area contributed by atoms with Crippen molar-refractivity contribution < 1.29 is 4.79 Å². The van der Waals surface area contributed by atoms with Crippen molar-refractivity contribution in [3.05, 3.63) is 67.2 Å². The van der Waals surface area contributed by atoms with Gasteiger partial charge in [0.15, 0.2) is 0 Å². The number of aromatic nitrogens is 2. The van der Waals surface area contributed by atoms with Crippen LogP contribution in [0.15, 0.2) is 39.2 Å². The molecule has 1 amide bonds. The van der Waals surface area contributed by atoms with Crippen LogP contribution in [0, 0.1) is 25.7 Å². The van der Waals surface area contributed by atoms with E-state index in [9.17, 15) is 14.4 Å². The first-order chi connectivity index (χ1) is 16.4. The van der Waals surface area contributed by atoms with Gasteiger partial charge in [0, 0.05) is 25.6 Å². The second-order valence-electron chi connectivity index (χ2n) is 10.1. The third kappa shape index (κ3) is 4.38. The highest BCUT2D eigenvalue weighted by Gasteiger charge is 2.31. The van der Waals surface area contributed by atoms with Crippen molar-refractivity contribution in [2.24, 2.45) is 11.8 Å². The van der Waals surface area contributed by atoms with E-state index in [1.807, 2.05) is 16.3 Å². The fourth-order valence-electron chi connectivity index (χ4n) is 5.63. The van der Waals surface area contributed by atoms with Crippen molar-refractivity contribution in [1.29, 1.82) is 0 Å². The molecule has 1 aliphatic heterocycles. The number of amides is 1. The minimum absolute atomic E-state index is 0.104. The van der Waals surface area contributed by atoms with Gasteiger partial charge >= 0.3 is 5.69 Å². The molecule has 34 heavy (non-hydrogen) atoms. The average Bonchev–Trinajstić information content (AvgIpc) is 3.54. The van der Waals surface area contributed by atoms with Gasteiger partial charge in [-0.3, -0.25) is 18.7 Å². The Balaban J connectivity index is 1.39. The molecule has 0 atom stereocenters. The number of fused-ring (bicyclic) bond motifs is 1. The molecule has 1 saturated heterocycles. The van der Waals surface area contributed by atoms with Crippen LogP contribution >= 0.6 is 11.3 Å². The fraction of sp³-hybridized carbons (Fsp3) is 0.519. The zero-order chi connectivity index (χ0) is 23.8. The van der Waals surface area contributed by atoms with E-state index in [2.05, 4.69) is 32.0 Å². The Morgan fingerprint density at radius 1 is 1.00 bits per heavy atom. The summed E-state index contributed by atoms with van der Waals surface area (Å²) >= 11 is 1.41. The lowest BCUT2D eigenvalue weighted by Gasteiger charge is -2.30. The molecule has 2 aliphatic rings. The molecule has 1 saturated carbocycles. The second-order valence-corrected chi connectivity index (χ2v) is 11.0. The van der Waals surface area contributed by atoms with Crippen LogP contribution in [0.3, 0.4) is 0 Å². The fourth-order valence-corrected chi connectivity index (χ4v) is 6.48. The zero-order valence-electron chi connectivity index (χ0n) is 20.1. The van der Waals surface area contributed by atoms with E-state index in [4.69, 9.17) is 0 Å². The molecular weight excluding hydrogens is 446 g/mol. The molecule has 0 radical (unpaired) electrons. The summed E-state index contributed by atoms with van der Waals surface area (Å²) in [5, 5.41) is 1.89. The summed E-state index contributed by atoms with van der Waals surface area (Å²) in [5.74, 6) is 0.662. The largest absolute Gasteiger partial charge is 0.342 e. The van der Waals surface area contributed by atoms with Crippen LogP contribution in [-0.4, -0.2) is 33.0 Å². The maximum atomic E-state index is 13.6. The molecule has 0 spiro atoms. The van der Waals surface area contributed by atoms with Gasteiger partial charge in [0.25, 0.3) is 5.56 Å². The number of aryl methyl sites for hydroxylation is 2. The molecule has 6 nitrogen and oxygen atoms in total. The molecule has 1 aromatic carbocycles. The van der Waals surface area contributed by atoms with Crippen LogP contribution in [0.2, 0.25) is 0 Å². The number of carbonyl (C=O) groups excluding carboxylic acids is 1. The number of likely N-dealkylation sites (tertiary alicyclic amines) is 1. The molecule has 2 aromatic heterocycles. The SMILES string of the molecule is Cc1ccc(C)c(Cn2c(=O)n(CC3CCC(C(=O)N4CCCC4)CC3)c(=O)c3sccc32)c1. The smallest absolute Gasteiger partial charge is 0.331 e. The van der Waals surface area contributed by atoms with Gasteiger partial charge < -0.3 is 4.90 Å². The van der Waals surface area contributed by atoms with Gasteiger partial charge in [-0.2, -0.15) is 0 Å². The Hall–Kier alpha value is -2.67. The molecule has 0 bridgehead atoms. The molecule has 3 aromatic rings. The topological polar surface area (TPSA) is 64.3 Å². The number of benzene rings is 1. The predicted molar refractivity (Wildman–Crippen MR) is 137 cm³/mol. The Kier molecular flexibility index (Phi) is 6.47. The molecule has 180 valence electrons. The van der Waals surface area contributed by atoms with Crippen molar-refractivity contribution in [3.8, 4) is 0 Å². The van der Waals surface area contributed by atoms with Gasteiger partial charge in [-0.15, -0.1) is 11.3 Å². The number of nitrogens with zero attached hydrogens (tertiary/aromatic N) is 3. The third-order valence-electron chi connectivity index (χ3n) is 7.72. The van der Waals surface area contributed by atoms with E-state index in [0.29, 0.717) is 23.7 Å². The summed E-state index contributed by atoms with van der Waals surface area (Å²) in [6.45, 7) is 6.80. The summed E-state index contributed by atoms with van der Waals surface area (Å²) in [4.78, 5) is 41.6. The van der Waals surface area contributed by atoms with E-state index in [1.165, 1.54) is 15.9 Å². The van der Waals surface area contributed by atoms with Crippen molar-refractivity contribution in [2.75, 3.05) is 13.1 Å². The summed E-state index contributed by atoms with van der Waals surface area (Å²) in [5.41, 5.74) is 3.70. The minimum Gasteiger partial charge on any atom is -0.342 e. The van der Waals surface area contributed by atoms with Gasteiger partial charge in [0.2, 0.25) is 5.91 Å². The maximum absolute atomic E-state index is 13.6. The molecule has 7 heteroatoms. The van der Waals surface area contributed by atoms with Crippen LogP contribution in [0.25, 0.3) is 10.2 Å². The standard InChI is InChI=1S/C27H33N3O3S/c1-18-5-6-19(2)22(15-18)17-29-23-11-14-34-24(23)26(32)30(27(29)33)16-20-7-9-21(10-8-20)25(31)28-12-3-4-13-28/h5-6,11,14-15,20-21H,3-4,7-10,12-13,16-17H2,1-2H3. The first-order valence-electron chi connectivity index (χ1n) is 12.5. The molecule has 3 heterocycles. The number of carbonyl (C=O) groups is 1. The monoisotopic (exact) mass is 479 g/mol. The Labute approximate surface area is 203 Å². The van der Waals surface area contributed by atoms with Crippen LogP contribution in [-0.2, 0) is 17.9 Å². The van der Waals surface area contributed by atoms with Gasteiger partial charge in [-0.05, 0) is 80.9 Å². The van der Waals surface area contributed by atoms with Gasteiger partial charge in [0.05, 0.1) is 12.1 Å². The van der Waals surface area contributed by atoms with Gasteiger partial charge in [0.1, 0.15) is 4.70 Å². The highest BCUT2D eigenvalue weighted by Crippen LogP contribution is 2.31. The van der Waals surface area contributed by atoms with Crippen LogP contribution in [0.4, 0.5) is 0 Å². The average molecular weight is 480 g/mol. The lowest BCUT2D eigenvalue weighted by molar-refractivity contribution is -0.135. The molecule has 2 fully saturated rings. The van der Waals surface area contributed by atoms with Gasteiger partial charge in [-0.25, -0.2) is 4.79 Å². The third-order valence-corrected chi connectivity index (χ3v) is 8.62. The van der Waals surface area contributed by atoms with Crippen molar-refractivity contribution in [3.63, 3.8) is 0 Å². The first-order valence-corrected chi connectivity index (χ1v) is 13.4. The van der Waals surface area contributed by atoms with Crippen LogP contribution in [0.1, 0.15) is 55.2 Å². The number of rotatable bonds is 5. The van der Waals surface area contributed by atoms with Crippen LogP contribution < -0.4 is 11.2 Å². The zero-order valence-corrected chi connectivity index (χ0v) is 20.9. The Morgan fingerprint density at radius 3 is 2.47 bits per heavy atom. The van der Waals surface area contributed by atoms with E-state index >= 15 is 0 Å². The summed E-state index contributed by atoms with van der Waals surface area (Å²) in [7, 11) is 0. The summed E-state index contributed by atoms with van der Waals surface area (Å²) in [6, 6.07) is 8.16. The Bertz CT molecular complexity index is 1320. The molecule has 0 N–H and O–H groups in total. The minimum atomic E-state index is -0.230. The van der Waals surface area contributed by atoms with Gasteiger partial charge in [-0.1, -0.05) is 23.8 Å². The quantitative estimate of drug-likeness (QED) is 0.548. The van der Waals surface area contributed by atoms with Crippen molar-refractivity contribution >= 4 is 27.5 Å². The number of hydrogen-bond acceptors (Lipinski definition) is 4. The summed E-state index contributed by atoms with van der Waals surface area (Å²) in [6.07, 6.45) is 5.71. The Morgan fingerprint density at radius 2 is 1.74 bits per heavy atom. The van der Waals surface area contributed by atoms with E-state index < -0.39 is 0 Å². The van der Waals surface area contributed by atoms with Crippen molar-refractivity contribution in [2.45, 2.75) is 65.5 Å². The second kappa shape index (κ2) is 9.53. The highest BCUT2D eigenvalue weighted by atomic mass is 32.1.